The van der Waals surface area contributed by atoms with Gasteiger partial charge in [0.05, 0.1) is 21.3 Å². The van der Waals surface area contributed by atoms with E-state index in [2.05, 4.69) is 0 Å². The Labute approximate surface area is 99.9 Å². The van der Waals surface area contributed by atoms with Gasteiger partial charge in [-0.1, -0.05) is 13.0 Å². The first-order valence-corrected chi connectivity index (χ1v) is 6.25. The molecule has 17 heavy (non-hydrogen) atoms. The highest BCUT2D eigenvalue weighted by Gasteiger charge is 2.22. The van der Waals surface area contributed by atoms with E-state index in [4.69, 9.17) is 5.11 Å². The summed E-state index contributed by atoms with van der Waals surface area (Å²) in [6, 6.07) is 2.15. The highest BCUT2D eigenvalue weighted by atomic mass is 32.2. The van der Waals surface area contributed by atoms with Crippen molar-refractivity contribution in [1.29, 1.82) is 0 Å². The molecule has 94 valence electrons. The fourth-order valence-corrected chi connectivity index (χ4v) is 2.72. The molecule has 0 fully saturated rings. The zero-order valence-corrected chi connectivity index (χ0v) is 10.2. The molecular formula is C11H12F2O3S. The first kappa shape index (κ1) is 13.8. The molecule has 1 aromatic rings. The van der Waals surface area contributed by atoms with Crippen molar-refractivity contribution in [1.82, 2.24) is 0 Å². The van der Waals surface area contributed by atoms with Crippen LogP contribution < -0.4 is 0 Å². The number of carboxylic acid groups (broad SMARTS) is 1. The normalized spacial score (nSPS) is 12.8. The molecule has 0 aromatic heterocycles. The summed E-state index contributed by atoms with van der Waals surface area (Å²) in [4.78, 5) is 10.8. The van der Waals surface area contributed by atoms with Crippen LogP contribution in [0.4, 0.5) is 8.78 Å². The lowest BCUT2D eigenvalue weighted by Crippen LogP contribution is -2.09. The Morgan fingerprint density at radius 1 is 1.47 bits per heavy atom. The predicted octanol–water partition coefficient (Wildman–Crippen LogP) is 2.76. The molecule has 1 N–H and O–H groups in total. The van der Waals surface area contributed by atoms with E-state index >= 15 is 0 Å². The van der Waals surface area contributed by atoms with Gasteiger partial charge in [-0.3, -0.25) is 4.21 Å². The van der Waals surface area contributed by atoms with E-state index < -0.39 is 23.2 Å². The number of alkyl halides is 2. The van der Waals surface area contributed by atoms with E-state index in [1.165, 1.54) is 6.92 Å². The largest absolute Gasteiger partial charge is 0.478 e. The van der Waals surface area contributed by atoms with Crippen molar-refractivity contribution < 1.29 is 22.9 Å². The van der Waals surface area contributed by atoms with Crippen LogP contribution in [0.15, 0.2) is 17.0 Å². The molecule has 0 saturated heterocycles. The Morgan fingerprint density at radius 2 is 2.06 bits per heavy atom. The lowest BCUT2D eigenvalue weighted by atomic mass is 10.1. The summed E-state index contributed by atoms with van der Waals surface area (Å²) in [7, 11) is -1.60. The number of carbonyl (C=O) groups is 1. The van der Waals surface area contributed by atoms with Gasteiger partial charge < -0.3 is 5.11 Å². The second kappa shape index (κ2) is 5.35. The number of hydrogen-bond donors (Lipinski definition) is 1. The lowest BCUT2D eigenvalue weighted by Gasteiger charge is -2.13. The summed E-state index contributed by atoms with van der Waals surface area (Å²) in [5.74, 6) is -1.04. The highest BCUT2D eigenvalue weighted by Crippen LogP contribution is 2.30. The number of hydrogen-bond acceptors (Lipinski definition) is 2. The average molecular weight is 262 g/mol. The zero-order valence-electron chi connectivity index (χ0n) is 9.37. The predicted molar refractivity (Wildman–Crippen MR) is 60.0 cm³/mol. The van der Waals surface area contributed by atoms with Crippen LogP contribution in [-0.4, -0.2) is 21.0 Å². The fourth-order valence-electron chi connectivity index (χ4n) is 1.56. The second-order valence-corrected chi connectivity index (χ2v) is 5.07. The van der Waals surface area contributed by atoms with Crippen LogP contribution in [-0.2, 0) is 10.8 Å². The van der Waals surface area contributed by atoms with Gasteiger partial charge in [-0.2, -0.15) is 0 Å². The third kappa shape index (κ3) is 2.69. The van der Waals surface area contributed by atoms with Crippen molar-refractivity contribution in [3.63, 3.8) is 0 Å². The zero-order chi connectivity index (χ0) is 13.2. The molecule has 0 aliphatic heterocycles. The van der Waals surface area contributed by atoms with Crippen molar-refractivity contribution in [3.8, 4) is 0 Å². The minimum absolute atomic E-state index is 0.0533. The first-order valence-electron chi connectivity index (χ1n) is 4.93. The van der Waals surface area contributed by atoms with E-state index in [0.29, 0.717) is 0 Å². The van der Waals surface area contributed by atoms with E-state index in [0.717, 1.165) is 12.1 Å². The van der Waals surface area contributed by atoms with Crippen molar-refractivity contribution >= 4 is 16.8 Å². The average Bonchev–Trinajstić information content (AvgIpc) is 2.26. The standard InChI is InChI=1S/C11H12F2O3S/c1-3-17(16)9-6(2)7(11(14)15)4-5-8(9)10(12)13/h4-5,10H,3H2,1-2H3,(H,14,15)/t17-/m1/s1. The number of aromatic carboxylic acids is 1. The van der Waals surface area contributed by atoms with E-state index in [1.807, 2.05) is 0 Å². The van der Waals surface area contributed by atoms with Gasteiger partial charge in [0.15, 0.2) is 0 Å². The van der Waals surface area contributed by atoms with E-state index in [9.17, 15) is 17.8 Å². The maximum absolute atomic E-state index is 12.8. The third-order valence-corrected chi connectivity index (χ3v) is 3.91. The van der Waals surface area contributed by atoms with Crippen molar-refractivity contribution in [2.24, 2.45) is 0 Å². The minimum Gasteiger partial charge on any atom is -0.478 e. The Hall–Kier alpha value is -1.30. The molecule has 1 rings (SSSR count). The van der Waals surface area contributed by atoms with Gasteiger partial charge in [-0.15, -0.1) is 0 Å². The summed E-state index contributed by atoms with van der Waals surface area (Å²) in [6.07, 6.45) is -2.76. The molecule has 0 amide bonds. The third-order valence-electron chi connectivity index (χ3n) is 2.39. The molecule has 1 atom stereocenters. The van der Waals surface area contributed by atoms with Gasteiger partial charge in [-0.05, 0) is 18.6 Å². The molecule has 1 aromatic carbocycles. The second-order valence-electron chi connectivity index (χ2n) is 3.40. The Bertz CT molecular complexity index is 472. The molecule has 0 aliphatic carbocycles. The van der Waals surface area contributed by atoms with E-state index in [-0.39, 0.29) is 27.3 Å². The monoisotopic (exact) mass is 262 g/mol. The Balaban J connectivity index is 3.53. The number of carboxylic acids is 1. The number of benzene rings is 1. The molecule has 0 aliphatic rings. The molecule has 3 nitrogen and oxygen atoms in total. The fraction of sp³-hybridized carbons (Fsp3) is 0.364. The van der Waals surface area contributed by atoms with Gasteiger partial charge in [-0.25, -0.2) is 13.6 Å². The Morgan fingerprint density at radius 3 is 2.47 bits per heavy atom. The maximum atomic E-state index is 12.8. The van der Waals surface area contributed by atoms with Crippen LogP contribution in [0.5, 0.6) is 0 Å². The lowest BCUT2D eigenvalue weighted by molar-refractivity contribution is 0.0695. The summed E-state index contributed by atoms with van der Waals surface area (Å²) >= 11 is 0. The van der Waals surface area contributed by atoms with Crippen LogP contribution in [0.1, 0.15) is 34.8 Å². The SMILES string of the molecule is CC[S@@](=O)c1c(C(F)F)ccc(C(=O)O)c1C. The minimum atomic E-state index is -2.76. The molecule has 0 unspecified atom stereocenters. The van der Waals surface area contributed by atoms with Gasteiger partial charge >= 0.3 is 5.97 Å². The molecular weight excluding hydrogens is 250 g/mol. The van der Waals surface area contributed by atoms with E-state index in [1.54, 1.807) is 6.92 Å². The number of halogens is 2. The molecule has 0 radical (unpaired) electrons. The maximum Gasteiger partial charge on any atom is 0.335 e. The summed E-state index contributed by atoms with van der Waals surface area (Å²) in [5, 5.41) is 8.89. The summed E-state index contributed by atoms with van der Waals surface area (Å²) in [5.41, 5.74) is -0.297. The van der Waals surface area contributed by atoms with Crippen LogP contribution in [0.25, 0.3) is 0 Å². The highest BCUT2D eigenvalue weighted by molar-refractivity contribution is 7.85. The molecule has 0 heterocycles. The van der Waals surface area contributed by atoms with Crippen LogP contribution >= 0.6 is 0 Å². The van der Waals surface area contributed by atoms with Crippen molar-refractivity contribution in [2.45, 2.75) is 25.2 Å². The molecule has 0 saturated carbocycles. The van der Waals surface area contributed by atoms with Crippen LogP contribution in [0, 0.1) is 6.92 Å². The topological polar surface area (TPSA) is 54.4 Å². The van der Waals surface area contributed by atoms with Gasteiger partial charge in [0.2, 0.25) is 0 Å². The molecule has 6 heteroatoms. The van der Waals surface area contributed by atoms with Gasteiger partial charge in [0.1, 0.15) is 0 Å². The summed E-state index contributed by atoms with van der Waals surface area (Å²) < 4.78 is 37.2. The van der Waals surface area contributed by atoms with Gasteiger partial charge in [0, 0.05) is 11.3 Å². The van der Waals surface area contributed by atoms with Crippen molar-refractivity contribution in [2.75, 3.05) is 5.75 Å². The Kier molecular flexibility index (Phi) is 4.34. The summed E-state index contributed by atoms with van der Waals surface area (Å²) in [6.45, 7) is 3.00. The van der Waals surface area contributed by atoms with Crippen LogP contribution in [0.3, 0.4) is 0 Å². The molecule has 0 spiro atoms. The molecule has 0 bridgehead atoms. The van der Waals surface area contributed by atoms with Gasteiger partial charge in [0.25, 0.3) is 6.43 Å². The quantitative estimate of drug-likeness (QED) is 0.907. The number of rotatable bonds is 4. The first-order chi connectivity index (χ1) is 7.90. The van der Waals surface area contributed by atoms with Crippen molar-refractivity contribution in [3.05, 3.63) is 28.8 Å². The van der Waals surface area contributed by atoms with Crippen LogP contribution in [0.2, 0.25) is 0 Å². The smallest absolute Gasteiger partial charge is 0.335 e.